The van der Waals surface area contributed by atoms with E-state index in [1.54, 1.807) is 0 Å². The molecule has 1 aliphatic carbocycles. The van der Waals surface area contributed by atoms with Gasteiger partial charge in [-0.25, -0.2) is 0 Å². The maximum Gasteiger partial charge on any atom is 0.0153 e. The van der Waals surface area contributed by atoms with Gasteiger partial charge in [0, 0.05) is 5.54 Å². The van der Waals surface area contributed by atoms with Crippen molar-refractivity contribution in [1.29, 1.82) is 0 Å². The summed E-state index contributed by atoms with van der Waals surface area (Å²) in [6.07, 6.45) is 4.17. The molecule has 2 fully saturated rings. The van der Waals surface area contributed by atoms with Crippen molar-refractivity contribution in [3.05, 3.63) is 0 Å². The van der Waals surface area contributed by atoms with Gasteiger partial charge < -0.3 is 10.6 Å². The molecule has 0 bridgehead atoms. The molecule has 1 saturated carbocycles. The van der Waals surface area contributed by atoms with Gasteiger partial charge in [-0.3, -0.25) is 0 Å². The number of nitrogens with one attached hydrogen (secondary N) is 2. The van der Waals surface area contributed by atoms with E-state index >= 15 is 0 Å². The summed E-state index contributed by atoms with van der Waals surface area (Å²) < 4.78 is 0. The molecule has 0 amide bonds. The van der Waals surface area contributed by atoms with Gasteiger partial charge in [0.25, 0.3) is 0 Å². The van der Waals surface area contributed by atoms with Crippen LogP contribution in [0.25, 0.3) is 0 Å². The Morgan fingerprint density at radius 3 is 2.62 bits per heavy atom. The SMILES string of the molecule is C[C@@H]1CNC[C@H]1CNC1(C)CCC1. The summed E-state index contributed by atoms with van der Waals surface area (Å²) in [5.74, 6) is 1.72. The maximum absolute atomic E-state index is 3.73. The zero-order valence-electron chi connectivity index (χ0n) is 8.90. The molecule has 0 spiro atoms. The molecule has 0 aromatic rings. The van der Waals surface area contributed by atoms with E-state index in [2.05, 4.69) is 24.5 Å². The quantitative estimate of drug-likeness (QED) is 0.689. The minimum absolute atomic E-state index is 0.488. The lowest BCUT2D eigenvalue weighted by atomic mass is 9.78. The molecule has 2 rings (SSSR count). The Hall–Kier alpha value is -0.0800. The highest BCUT2D eigenvalue weighted by Gasteiger charge is 2.32. The van der Waals surface area contributed by atoms with E-state index in [0.717, 1.165) is 11.8 Å². The number of hydrogen-bond donors (Lipinski definition) is 2. The van der Waals surface area contributed by atoms with E-state index in [-0.39, 0.29) is 0 Å². The van der Waals surface area contributed by atoms with Crippen LogP contribution in [0.2, 0.25) is 0 Å². The molecule has 2 atom stereocenters. The average Bonchev–Trinajstić information content (AvgIpc) is 2.44. The van der Waals surface area contributed by atoms with Crippen molar-refractivity contribution in [3.63, 3.8) is 0 Å². The fraction of sp³-hybridized carbons (Fsp3) is 1.00. The van der Waals surface area contributed by atoms with Crippen LogP contribution in [0.3, 0.4) is 0 Å². The summed E-state index contributed by atoms with van der Waals surface area (Å²) in [6.45, 7) is 8.36. The highest BCUT2D eigenvalue weighted by Crippen LogP contribution is 2.31. The summed E-state index contributed by atoms with van der Waals surface area (Å²) in [5, 5.41) is 7.18. The number of rotatable bonds is 3. The third kappa shape index (κ3) is 2.05. The average molecular weight is 182 g/mol. The lowest BCUT2D eigenvalue weighted by Gasteiger charge is -2.40. The van der Waals surface area contributed by atoms with E-state index in [9.17, 15) is 0 Å². The predicted molar refractivity (Wildman–Crippen MR) is 55.8 cm³/mol. The Morgan fingerprint density at radius 2 is 2.15 bits per heavy atom. The molecule has 1 saturated heterocycles. The highest BCUT2D eigenvalue weighted by atomic mass is 15.0. The van der Waals surface area contributed by atoms with Crippen molar-refractivity contribution in [3.8, 4) is 0 Å². The zero-order chi connectivity index (χ0) is 9.31. The molecular weight excluding hydrogens is 160 g/mol. The first-order chi connectivity index (χ1) is 6.20. The molecule has 0 radical (unpaired) electrons. The van der Waals surface area contributed by atoms with Crippen LogP contribution in [0.15, 0.2) is 0 Å². The first-order valence-electron chi connectivity index (χ1n) is 5.65. The molecule has 2 N–H and O–H groups in total. The predicted octanol–water partition coefficient (Wildman–Crippen LogP) is 1.37. The standard InChI is InChI=1S/C11H22N2/c1-9-6-12-7-10(9)8-13-11(2)4-3-5-11/h9-10,12-13H,3-8H2,1-2H3/t9-,10+/m1/s1. The second-order valence-electron chi connectivity index (χ2n) is 5.19. The Kier molecular flexibility index (Phi) is 2.61. The van der Waals surface area contributed by atoms with Gasteiger partial charge in [-0.15, -0.1) is 0 Å². The lowest BCUT2D eigenvalue weighted by molar-refractivity contribution is 0.194. The molecule has 76 valence electrons. The number of hydrogen-bond acceptors (Lipinski definition) is 2. The fourth-order valence-corrected chi connectivity index (χ4v) is 2.40. The molecule has 1 heterocycles. The third-order valence-electron chi connectivity index (χ3n) is 3.93. The van der Waals surface area contributed by atoms with Crippen molar-refractivity contribution >= 4 is 0 Å². The smallest absolute Gasteiger partial charge is 0.0153 e. The zero-order valence-corrected chi connectivity index (χ0v) is 8.90. The molecule has 2 heteroatoms. The van der Waals surface area contributed by atoms with E-state index in [0.29, 0.717) is 5.54 Å². The van der Waals surface area contributed by atoms with Crippen molar-refractivity contribution in [2.45, 2.75) is 38.6 Å². The van der Waals surface area contributed by atoms with E-state index in [4.69, 9.17) is 0 Å². The molecule has 0 aromatic carbocycles. The molecule has 0 unspecified atom stereocenters. The first kappa shape index (κ1) is 9.47. The van der Waals surface area contributed by atoms with Crippen LogP contribution in [0.5, 0.6) is 0 Å². The monoisotopic (exact) mass is 182 g/mol. The highest BCUT2D eigenvalue weighted by molar-refractivity contribution is 4.93. The van der Waals surface area contributed by atoms with Gasteiger partial charge in [-0.2, -0.15) is 0 Å². The first-order valence-corrected chi connectivity index (χ1v) is 5.65. The minimum atomic E-state index is 0.488. The Balaban J connectivity index is 1.72. The largest absolute Gasteiger partial charge is 0.316 e. The van der Waals surface area contributed by atoms with Crippen molar-refractivity contribution in [1.82, 2.24) is 10.6 Å². The Bertz CT molecular complexity index is 175. The van der Waals surface area contributed by atoms with Gasteiger partial charge in [0.1, 0.15) is 0 Å². The van der Waals surface area contributed by atoms with Crippen LogP contribution in [0, 0.1) is 11.8 Å². The fourth-order valence-electron chi connectivity index (χ4n) is 2.40. The van der Waals surface area contributed by atoms with Crippen LogP contribution in [0.1, 0.15) is 33.1 Å². The van der Waals surface area contributed by atoms with E-state index < -0.39 is 0 Å². The van der Waals surface area contributed by atoms with Crippen molar-refractivity contribution < 1.29 is 0 Å². The molecule has 13 heavy (non-hydrogen) atoms. The van der Waals surface area contributed by atoms with Gasteiger partial charge in [0.15, 0.2) is 0 Å². The van der Waals surface area contributed by atoms with Gasteiger partial charge >= 0.3 is 0 Å². The van der Waals surface area contributed by atoms with Crippen LogP contribution in [-0.2, 0) is 0 Å². The minimum Gasteiger partial charge on any atom is -0.316 e. The van der Waals surface area contributed by atoms with Gasteiger partial charge in [0.2, 0.25) is 0 Å². The van der Waals surface area contributed by atoms with Gasteiger partial charge in [0.05, 0.1) is 0 Å². The van der Waals surface area contributed by atoms with Crippen LogP contribution in [-0.4, -0.2) is 25.2 Å². The van der Waals surface area contributed by atoms with Crippen LogP contribution < -0.4 is 10.6 Å². The lowest BCUT2D eigenvalue weighted by Crippen LogP contribution is -2.50. The second-order valence-corrected chi connectivity index (χ2v) is 5.19. The summed E-state index contributed by atoms with van der Waals surface area (Å²) in [7, 11) is 0. The molecule has 0 aromatic heterocycles. The van der Waals surface area contributed by atoms with Crippen LogP contribution in [0.4, 0.5) is 0 Å². The summed E-state index contributed by atoms with van der Waals surface area (Å²) in [4.78, 5) is 0. The molecular formula is C11H22N2. The Morgan fingerprint density at radius 1 is 1.38 bits per heavy atom. The summed E-state index contributed by atoms with van der Waals surface area (Å²) in [6, 6.07) is 0. The molecule has 2 nitrogen and oxygen atoms in total. The van der Waals surface area contributed by atoms with Crippen molar-refractivity contribution in [2.75, 3.05) is 19.6 Å². The van der Waals surface area contributed by atoms with E-state index in [1.807, 2.05) is 0 Å². The van der Waals surface area contributed by atoms with Gasteiger partial charge in [-0.05, 0) is 57.7 Å². The molecule has 2 aliphatic rings. The second kappa shape index (κ2) is 3.58. The normalized spacial score (nSPS) is 37.4. The van der Waals surface area contributed by atoms with Gasteiger partial charge in [-0.1, -0.05) is 6.92 Å². The third-order valence-corrected chi connectivity index (χ3v) is 3.93. The van der Waals surface area contributed by atoms with Crippen LogP contribution >= 0.6 is 0 Å². The summed E-state index contributed by atoms with van der Waals surface area (Å²) >= 11 is 0. The Labute approximate surface area is 81.5 Å². The maximum atomic E-state index is 3.73. The molecule has 1 aliphatic heterocycles. The topological polar surface area (TPSA) is 24.1 Å². The summed E-state index contributed by atoms with van der Waals surface area (Å²) in [5.41, 5.74) is 0.488. The van der Waals surface area contributed by atoms with E-state index in [1.165, 1.54) is 38.9 Å². The van der Waals surface area contributed by atoms with Crippen molar-refractivity contribution in [2.24, 2.45) is 11.8 Å².